The van der Waals surface area contributed by atoms with E-state index in [2.05, 4.69) is 19.9 Å². The molecule has 4 N–H and O–H groups in total. The molecule has 2 aromatic heterocycles. The van der Waals surface area contributed by atoms with E-state index in [1.807, 2.05) is 0 Å². The molecule has 1 atom stereocenters. The van der Waals surface area contributed by atoms with Gasteiger partial charge in [0.25, 0.3) is 0 Å². The van der Waals surface area contributed by atoms with Crippen LogP contribution in [0.25, 0.3) is 11.2 Å². The fourth-order valence-corrected chi connectivity index (χ4v) is 3.20. The Labute approximate surface area is 143 Å². The Hall–Kier alpha value is -1.81. The van der Waals surface area contributed by atoms with Crippen LogP contribution in [0.4, 0.5) is 16.2 Å². The average Bonchev–Trinajstić information content (AvgIpc) is 3.20. The first-order valence-electron chi connectivity index (χ1n) is 7.83. The van der Waals surface area contributed by atoms with Crippen molar-refractivity contribution in [3.8, 4) is 0 Å². The third-order valence-electron chi connectivity index (χ3n) is 3.92. The van der Waals surface area contributed by atoms with Crippen molar-refractivity contribution in [2.24, 2.45) is 0 Å². The van der Waals surface area contributed by atoms with Crippen LogP contribution in [0.2, 0.25) is 0 Å². The number of hydrogen-bond acceptors (Lipinski definition) is 7. The number of nitrogen functional groups attached to an aromatic ring is 1. The third kappa shape index (κ3) is 4.24. The summed E-state index contributed by atoms with van der Waals surface area (Å²) in [7, 11) is -4.37. The Balaban J connectivity index is 1.85. The van der Waals surface area contributed by atoms with Gasteiger partial charge in [-0.3, -0.25) is 4.57 Å². The molecule has 2 aromatic rings. The van der Waals surface area contributed by atoms with E-state index >= 15 is 0 Å². The first kappa shape index (κ1) is 18.0. The molecule has 3 rings (SSSR count). The normalized spacial score (nSPS) is 16.7. The summed E-state index contributed by atoms with van der Waals surface area (Å²) in [5.74, 6) is 0.732. The Morgan fingerprint density at radius 1 is 1.36 bits per heavy atom. The number of anilines is 2. The summed E-state index contributed by atoms with van der Waals surface area (Å²) in [5, 5.41) is 0. The molecule has 1 aliphatic rings. The molecular formula is C13H20FN6O4P. The van der Waals surface area contributed by atoms with E-state index in [4.69, 9.17) is 20.3 Å². The van der Waals surface area contributed by atoms with Gasteiger partial charge in [0.2, 0.25) is 5.95 Å². The molecule has 138 valence electrons. The highest BCUT2D eigenvalue weighted by Gasteiger charge is 2.23. The minimum Gasteiger partial charge on any atom is -0.368 e. The van der Waals surface area contributed by atoms with Gasteiger partial charge in [-0.05, 0) is 12.8 Å². The van der Waals surface area contributed by atoms with Crippen molar-refractivity contribution in [1.29, 1.82) is 0 Å². The summed E-state index contributed by atoms with van der Waals surface area (Å²) < 4.78 is 30.6. The minimum absolute atomic E-state index is 0.00287. The van der Waals surface area contributed by atoms with Crippen molar-refractivity contribution in [1.82, 2.24) is 19.5 Å². The molecule has 0 amide bonds. The van der Waals surface area contributed by atoms with Crippen LogP contribution >= 0.6 is 7.60 Å². The molecule has 1 aliphatic heterocycles. The van der Waals surface area contributed by atoms with Gasteiger partial charge in [0.05, 0.1) is 12.9 Å². The molecule has 0 spiro atoms. The van der Waals surface area contributed by atoms with E-state index < -0.39 is 26.7 Å². The van der Waals surface area contributed by atoms with Crippen LogP contribution in [0.1, 0.15) is 12.8 Å². The van der Waals surface area contributed by atoms with E-state index in [0.717, 1.165) is 25.9 Å². The molecule has 0 aromatic carbocycles. The molecule has 3 heterocycles. The summed E-state index contributed by atoms with van der Waals surface area (Å²) in [4.78, 5) is 32.5. The van der Waals surface area contributed by atoms with Crippen molar-refractivity contribution in [3.05, 3.63) is 6.33 Å². The van der Waals surface area contributed by atoms with Crippen molar-refractivity contribution in [3.63, 3.8) is 0 Å². The molecule has 1 fully saturated rings. The molecule has 1 saturated heterocycles. The predicted octanol–water partition coefficient (Wildman–Crippen LogP) is 0.499. The fourth-order valence-electron chi connectivity index (χ4n) is 2.80. The lowest BCUT2D eigenvalue weighted by molar-refractivity contribution is 0.0445. The van der Waals surface area contributed by atoms with Crippen molar-refractivity contribution < 1.29 is 23.5 Å². The van der Waals surface area contributed by atoms with Gasteiger partial charge in [-0.15, -0.1) is 0 Å². The summed E-state index contributed by atoms with van der Waals surface area (Å²) >= 11 is 0. The highest BCUT2D eigenvalue weighted by Crippen LogP contribution is 2.34. The number of halogens is 1. The molecule has 0 aliphatic carbocycles. The molecule has 25 heavy (non-hydrogen) atoms. The predicted molar refractivity (Wildman–Crippen MR) is 88.9 cm³/mol. The summed E-state index contributed by atoms with van der Waals surface area (Å²) in [5.41, 5.74) is 6.80. The zero-order valence-electron chi connectivity index (χ0n) is 13.5. The molecular weight excluding hydrogens is 354 g/mol. The number of rotatable bonds is 7. The molecule has 10 nitrogen and oxygen atoms in total. The highest BCUT2D eigenvalue weighted by molar-refractivity contribution is 7.51. The van der Waals surface area contributed by atoms with Crippen LogP contribution in [0, 0.1) is 0 Å². The lowest BCUT2D eigenvalue weighted by atomic mass is 10.3. The Morgan fingerprint density at radius 3 is 2.72 bits per heavy atom. The summed E-state index contributed by atoms with van der Waals surface area (Å²) in [6.45, 7) is 0.815. The zero-order valence-corrected chi connectivity index (χ0v) is 14.3. The summed E-state index contributed by atoms with van der Waals surface area (Å²) in [6.07, 6.45) is 1.72. The van der Waals surface area contributed by atoms with Crippen LogP contribution in [0.5, 0.6) is 0 Å². The number of aromatic nitrogens is 4. The summed E-state index contributed by atoms with van der Waals surface area (Å²) in [6, 6.07) is 0. The number of alkyl halides is 1. The Bertz CT molecular complexity index is 790. The van der Waals surface area contributed by atoms with Gasteiger partial charge in [0, 0.05) is 13.1 Å². The maximum atomic E-state index is 13.2. The van der Waals surface area contributed by atoms with Gasteiger partial charge >= 0.3 is 7.60 Å². The van der Waals surface area contributed by atoms with Gasteiger partial charge in [0.1, 0.15) is 19.1 Å². The molecule has 0 bridgehead atoms. The monoisotopic (exact) mass is 374 g/mol. The zero-order chi connectivity index (χ0) is 18.0. The van der Waals surface area contributed by atoms with Gasteiger partial charge < -0.3 is 29.7 Å². The number of nitrogens with two attached hydrogens (primary N) is 1. The molecule has 0 unspecified atom stereocenters. The average molecular weight is 374 g/mol. The second-order valence-electron chi connectivity index (χ2n) is 5.91. The standard InChI is InChI=1S/C13H20FN6O4P/c14-5-9(24-8-25(21,22)23)6-20-7-16-10-11(19-3-1-2-4-19)17-13(15)18-12(10)20/h7,9H,1-6,8H2,(H2,15,17,18)(H2,21,22,23)/t9-/m1/s1. The van der Waals surface area contributed by atoms with Crippen LogP contribution in [0.3, 0.4) is 0 Å². The quantitative estimate of drug-likeness (QED) is 0.591. The number of fused-ring (bicyclic) bond motifs is 1. The SMILES string of the molecule is Nc1nc(N2CCCC2)c2ncn(C[C@@H](CF)OCP(=O)(O)O)c2n1. The highest BCUT2D eigenvalue weighted by atomic mass is 31.2. The number of imidazole rings is 1. The van der Waals surface area contributed by atoms with Crippen LogP contribution in [-0.2, 0) is 15.8 Å². The topological polar surface area (TPSA) is 140 Å². The van der Waals surface area contributed by atoms with E-state index in [1.54, 1.807) is 4.57 Å². The van der Waals surface area contributed by atoms with Crippen molar-refractivity contribution >= 4 is 30.5 Å². The minimum atomic E-state index is -4.37. The molecule has 0 radical (unpaired) electrons. The van der Waals surface area contributed by atoms with E-state index in [1.165, 1.54) is 6.33 Å². The molecule has 12 heteroatoms. The van der Waals surface area contributed by atoms with Gasteiger partial charge in [-0.25, -0.2) is 9.37 Å². The van der Waals surface area contributed by atoms with E-state index in [0.29, 0.717) is 17.0 Å². The molecule has 0 saturated carbocycles. The first-order valence-corrected chi connectivity index (χ1v) is 9.62. The Morgan fingerprint density at radius 2 is 2.08 bits per heavy atom. The number of nitrogens with zero attached hydrogens (tertiary/aromatic N) is 5. The maximum Gasteiger partial charge on any atom is 0.350 e. The Kier molecular flexibility index (Phi) is 5.19. The van der Waals surface area contributed by atoms with Gasteiger partial charge in [0.15, 0.2) is 17.0 Å². The fraction of sp³-hybridized carbons (Fsp3) is 0.615. The maximum absolute atomic E-state index is 13.2. The van der Waals surface area contributed by atoms with Gasteiger partial charge in [-0.1, -0.05) is 0 Å². The second-order valence-corrected chi connectivity index (χ2v) is 7.49. The first-order chi connectivity index (χ1) is 11.9. The van der Waals surface area contributed by atoms with Gasteiger partial charge in [-0.2, -0.15) is 9.97 Å². The lowest BCUT2D eigenvalue weighted by Crippen LogP contribution is -2.23. The lowest BCUT2D eigenvalue weighted by Gasteiger charge is -2.18. The third-order valence-corrected chi connectivity index (χ3v) is 4.40. The van der Waals surface area contributed by atoms with Crippen LogP contribution < -0.4 is 10.6 Å². The van der Waals surface area contributed by atoms with Crippen molar-refractivity contribution in [2.45, 2.75) is 25.5 Å². The van der Waals surface area contributed by atoms with Crippen LogP contribution in [0.15, 0.2) is 6.33 Å². The number of ether oxygens (including phenoxy) is 1. The van der Waals surface area contributed by atoms with Crippen LogP contribution in [-0.4, -0.2) is 61.5 Å². The van der Waals surface area contributed by atoms with E-state index in [9.17, 15) is 8.96 Å². The second kappa shape index (κ2) is 7.20. The number of hydrogen-bond donors (Lipinski definition) is 3. The van der Waals surface area contributed by atoms with Crippen molar-refractivity contribution in [2.75, 3.05) is 36.7 Å². The largest absolute Gasteiger partial charge is 0.368 e. The van der Waals surface area contributed by atoms with E-state index in [-0.39, 0.29) is 12.5 Å². The smallest absolute Gasteiger partial charge is 0.350 e.